The van der Waals surface area contributed by atoms with Crippen molar-refractivity contribution in [1.82, 2.24) is 14.9 Å². The molecule has 3 heterocycles. The van der Waals surface area contributed by atoms with Crippen LogP contribution in [-0.2, 0) is 10.0 Å². The van der Waals surface area contributed by atoms with Gasteiger partial charge in [0.15, 0.2) is 0 Å². The fourth-order valence-corrected chi connectivity index (χ4v) is 5.47. The van der Waals surface area contributed by atoms with E-state index >= 15 is 0 Å². The van der Waals surface area contributed by atoms with Crippen LogP contribution in [0.2, 0.25) is 0 Å². The lowest BCUT2D eigenvalue weighted by molar-refractivity contribution is 0.0773. The third-order valence-electron chi connectivity index (χ3n) is 6.55. The molecular formula is C27H26N4O3S. The number of carbonyl (C=O) groups excluding carboxylic acids is 1. The van der Waals surface area contributed by atoms with Gasteiger partial charge in [0.25, 0.3) is 15.9 Å². The third kappa shape index (κ3) is 4.44. The molecule has 0 saturated heterocycles. The summed E-state index contributed by atoms with van der Waals surface area (Å²) in [5, 5.41) is 1.07. The van der Waals surface area contributed by atoms with Gasteiger partial charge in [-0.25, -0.2) is 13.4 Å². The number of aromatic amines is 1. The number of aryl methyl sites for hydroxylation is 1. The van der Waals surface area contributed by atoms with Gasteiger partial charge in [-0.05, 0) is 79.4 Å². The molecule has 0 atom stereocenters. The summed E-state index contributed by atoms with van der Waals surface area (Å²) in [5.74, 6) is -0.118. The molecule has 2 N–H and O–H groups in total. The number of fused-ring (bicyclic) bond motifs is 1. The Balaban J connectivity index is 1.29. The molecule has 178 valence electrons. The predicted octanol–water partition coefficient (Wildman–Crippen LogP) is 4.91. The van der Waals surface area contributed by atoms with Crippen molar-refractivity contribution in [3.63, 3.8) is 0 Å². The van der Waals surface area contributed by atoms with Crippen LogP contribution in [0, 0.1) is 13.8 Å². The average Bonchev–Trinajstić information content (AvgIpc) is 3.31. The minimum Gasteiger partial charge on any atom is -0.346 e. The number of pyridine rings is 1. The highest BCUT2D eigenvalue weighted by Gasteiger charge is 2.22. The van der Waals surface area contributed by atoms with Crippen LogP contribution in [0.3, 0.4) is 0 Å². The highest BCUT2D eigenvalue weighted by molar-refractivity contribution is 7.92. The van der Waals surface area contributed by atoms with E-state index in [2.05, 4.69) is 20.8 Å². The first-order valence-corrected chi connectivity index (χ1v) is 12.9. The van der Waals surface area contributed by atoms with Crippen molar-refractivity contribution in [2.45, 2.75) is 25.2 Å². The zero-order valence-corrected chi connectivity index (χ0v) is 20.4. The molecule has 1 amide bonds. The number of rotatable bonds is 5. The van der Waals surface area contributed by atoms with E-state index in [0.29, 0.717) is 24.3 Å². The van der Waals surface area contributed by atoms with E-state index in [1.165, 1.54) is 17.7 Å². The number of hydrogen-bond acceptors (Lipinski definition) is 4. The molecule has 2 aromatic heterocycles. The fourth-order valence-electron chi connectivity index (χ4n) is 4.34. The van der Waals surface area contributed by atoms with E-state index in [4.69, 9.17) is 0 Å². The molecule has 8 heteroatoms. The largest absolute Gasteiger partial charge is 0.346 e. The lowest BCUT2D eigenvalue weighted by atomic mass is 9.99. The third-order valence-corrected chi connectivity index (χ3v) is 7.94. The molecule has 0 fully saturated rings. The highest BCUT2D eigenvalue weighted by atomic mass is 32.2. The number of nitrogens with one attached hydrogen (secondary N) is 2. The van der Waals surface area contributed by atoms with Gasteiger partial charge in [0.05, 0.1) is 10.6 Å². The number of anilines is 1. The monoisotopic (exact) mass is 486 g/mol. The topological polar surface area (TPSA) is 95.2 Å². The SMILES string of the molecule is Cc1cccc(NS(=O)(=O)c2ccc(C(=O)N3CC=C(c4c[nH]c5ncccc45)CC3)cc2)c1C. The molecule has 35 heavy (non-hydrogen) atoms. The molecule has 0 saturated carbocycles. The number of nitrogens with zero attached hydrogens (tertiary/aromatic N) is 2. The zero-order valence-electron chi connectivity index (χ0n) is 19.6. The van der Waals surface area contributed by atoms with Crippen molar-refractivity contribution in [2.24, 2.45) is 0 Å². The molecule has 7 nitrogen and oxygen atoms in total. The van der Waals surface area contributed by atoms with Crippen LogP contribution in [0.15, 0.2) is 78.0 Å². The molecule has 4 aromatic rings. The number of hydrogen-bond donors (Lipinski definition) is 2. The maximum absolute atomic E-state index is 13.1. The molecule has 0 bridgehead atoms. The van der Waals surface area contributed by atoms with Gasteiger partial charge in [0.1, 0.15) is 5.65 Å². The van der Waals surface area contributed by atoms with E-state index in [9.17, 15) is 13.2 Å². The molecule has 1 aliphatic rings. The maximum Gasteiger partial charge on any atom is 0.261 e. The number of H-pyrrole nitrogens is 1. The Labute approximate surface area is 204 Å². The number of aromatic nitrogens is 2. The smallest absolute Gasteiger partial charge is 0.261 e. The van der Waals surface area contributed by atoms with Crippen LogP contribution < -0.4 is 4.72 Å². The standard InChI is InChI=1S/C27H26N4O3S/c1-18-5-3-7-25(19(18)2)30-35(33,34)22-10-8-21(9-11-22)27(32)31-15-12-20(13-16-31)24-17-29-26-23(24)6-4-14-28-26/h3-12,14,17,30H,13,15-16H2,1-2H3,(H,28,29). The van der Waals surface area contributed by atoms with E-state index < -0.39 is 10.0 Å². The summed E-state index contributed by atoms with van der Waals surface area (Å²) in [7, 11) is -3.76. The summed E-state index contributed by atoms with van der Waals surface area (Å²) in [5.41, 5.74) is 6.05. The Morgan fingerprint density at radius 1 is 1.06 bits per heavy atom. The van der Waals surface area contributed by atoms with Gasteiger partial charge in [0.2, 0.25) is 0 Å². The van der Waals surface area contributed by atoms with Crippen LogP contribution >= 0.6 is 0 Å². The molecule has 0 spiro atoms. The summed E-state index contributed by atoms with van der Waals surface area (Å²) >= 11 is 0. The number of benzene rings is 2. The Kier molecular flexibility index (Phi) is 5.90. The van der Waals surface area contributed by atoms with Crippen molar-refractivity contribution in [3.05, 3.63) is 95.3 Å². The molecule has 2 aromatic carbocycles. The quantitative estimate of drug-likeness (QED) is 0.419. The second-order valence-corrected chi connectivity index (χ2v) is 10.4. The van der Waals surface area contributed by atoms with Crippen LogP contribution in [0.25, 0.3) is 16.6 Å². The fraction of sp³-hybridized carbons (Fsp3) is 0.185. The molecule has 5 rings (SSSR count). The van der Waals surface area contributed by atoms with Crippen molar-refractivity contribution in [1.29, 1.82) is 0 Å². The number of sulfonamides is 1. The van der Waals surface area contributed by atoms with Gasteiger partial charge in [-0.3, -0.25) is 9.52 Å². The second-order valence-electron chi connectivity index (χ2n) is 8.71. The summed E-state index contributed by atoms with van der Waals surface area (Å²) in [6, 6.07) is 15.5. The van der Waals surface area contributed by atoms with Crippen LogP contribution in [-0.4, -0.2) is 42.3 Å². The van der Waals surface area contributed by atoms with Gasteiger partial charge < -0.3 is 9.88 Å². The summed E-state index contributed by atoms with van der Waals surface area (Å²) in [6.45, 7) is 4.90. The normalized spacial score (nSPS) is 14.1. The Hall–Kier alpha value is -3.91. The Morgan fingerprint density at radius 2 is 1.86 bits per heavy atom. The number of carbonyl (C=O) groups is 1. The lowest BCUT2D eigenvalue weighted by Crippen LogP contribution is -2.34. The van der Waals surface area contributed by atoms with E-state index in [0.717, 1.165) is 34.1 Å². The van der Waals surface area contributed by atoms with Gasteiger partial charge >= 0.3 is 0 Å². The predicted molar refractivity (Wildman–Crippen MR) is 138 cm³/mol. The van der Waals surface area contributed by atoms with Gasteiger partial charge in [-0.1, -0.05) is 18.2 Å². The van der Waals surface area contributed by atoms with Crippen LogP contribution in [0.5, 0.6) is 0 Å². The van der Waals surface area contributed by atoms with Crippen molar-refractivity contribution in [2.75, 3.05) is 17.8 Å². The van der Waals surface area contributed by atoms with Gasteiger partial charge in [0, 0.05) is 42.0 Å². The maximum atomic E-state index is 13.1. The Morgan fingerprint density at radius 3 is 2.60 bits per heavy atom. The average molecular weight is 487 g/mol. The minimum atomic E-state index is -3.76. The van der Waals surface area contributed by atoms with Crippen molar-refractivity contribution < 1.29 is 13.2 Å². The summed E-state index contributed by atoms with van der Waals surface area (Å²) in [4.78, 5) is 22.5. The number of amides is 1. The van der Waals surface area contributed by atoms with Crippen molar-refractivity contribution in [3.8, 4) is 0 Å². The first-order chi connectivity index (χ1) is 16.8. The van der Waals surface area contributed by atoms with Gasteiger partial charge in [-0.15, -0.1) is 0 Å². The Bertz CT molecular complexity index is 1550. The first kappa shape index (κ1) is 22.9. The van der Waals surface area contributed by atoms with E-state index in [-0.39, 0.29) is 10.8 Å². The van der Waals surface area contributed by atoms with E-state index in [1.807, 2.05) is 44.3 Å². The summed E-state index contributed by atoms with van der Waals surface area (Å²) in [6.07, 6.45) is 6.53. The molecule has 0 radical (unpaired) electrons. The van der Waals surface area contributed by atoms with Crippen LogP contribution in [0.4, 0.5) is 5.69 Å². The highest BCUT2D eigenvalue weighted by Crippen LogP contribution is 2.29. The first-order valence-electron chi connectivity index (χ1n) is 11.4. The van der Waals surface area contributed by atoms with Gasteiger partial charge in [-0.2, -0.15) is 0 Å². The van der Waals surface area contributed by atoms with Crippen LogP contribution in [0.1, 0.15) is 33.5 Å². The molecule has 1 aliphatic heterocycles. The second kappa shape index (κ2) is 9.03. The molecule has 0 unspecified atom stereocenters. The lowest BCUT2D eigenvalue weighted by Gasteiger charge is -2.26. The molecule has 0 aliphatic carbocycles. The minimum absolute atomic E-state index is 0.115. The zero-order chi connectivity index (χ0) is 24.6. The molecular weight excluding hydrogens is 460 g/mol. The summed E-state index contributed by atoms with van der Waals surface area (Å²) < 4.78 is 28.4. The van der Waals surface area contributed by atoms with Crippen molar-refractivity contribution >= 4 is 38.2 Å². The van der Waals surface area contributed by atoms with E-state index in [1.54, 1.807) is 29.3 Å².